The fourth-order valence-electron chi connectivity index (χ4n) is 1.46. The average Bonchev–Trinajstić information content (AvgIpc) is 3.01. The number of carbonyl (C=O) groups excluding carboxylic acids is 1. The van der Waals surface area contributed by atoms with Gasteiger partial charge in [-0.25, -0.2) is 5.43 Å². The van der Waals surface area contributed by atoms with Crippen molar-refractivity contribution >= 4 is 29.5 Å². The normalized spacial score (nSPS) is 11.5. The minimum Gasteiger partial charge on any atom is -0.465 e. The summed E-state index contributed by atoms with van der Waals surface area (Å²) in [6.07, 6.45) is 6.57. The van der Waals surface area contributed by atoms with Crippen LogP contribution in [0, 0.1) is 13.8 Å². The van der Waals surface area contributed by atoms with E-state index in [4.69, 9.17) is 4.42 Å². The van der Waals surface area contributed by atoms with Gasteiger partial charge in [0.1, 0.15) is 5.76 Å². The average molecular weight is 274 g/mol. The molecule has 2 aromatic rings. The topological polar surface area (TPSA) is 54.6 Å². The van der Waals surface area contributed by atoms with Crippen LogP contribution in [0.5, 0.6) is 0 Å². The third-order valence-corrected chi connectivity index (χ3v) is 3.67. The molecule has 0 fully saturated rings. The zero-order valence-electron chi connectivity index (χ0n) is 10.7. The first-order chi connectivity index (χ1) is 9.18. The van der Waals surface area contributed by atoms with Crippen molar-refractivity contribution in [2.45, 2.75) is 13.8 Å². The summed E-state index contributed by atoms with van der Waals surface area (Å²) in [6.45, 7) is 3.92. The molecule has 0 unspecified atom stereocenters. The number of hydrazone groups is 1. The van der Waals surface area contributed by atoms with Gasteiger partial charge < -0.3 is 4.42 Å². The molecule has 1 N–H and O–H groups in total. The second-order valence-corrected chi connectivity index (χ2v) is 5.01. The highest BCUT2D eigenvalue weighted by Gasteiger charge is 2.10. The fraction of sp³-hybridized carbons (Fsp3) is 0.143. The van der Waals surface area contributed by atoms with E-state index in [1.54, 1.807) is 35.8 Å². The van der Waals surface area contributed by atoms with Crippen molar-refractivity contribution in [2.24, 2.45) is 5.10 Å². The Hall–Kier alpha value is -2.14. The highest BCUT2D eigenvalue weighted by atomic mass is 32.1. The summed E-state index contributed by atoms with van der Waals surface area (Å²) < 4.78 is 5.11. The Morgan fingerprint density at radius 2 is 2.32 bits per heavy atom. The number of nitrogens with zero attached hydrogens (tertiary/aromatic N) is 1. The van der Waals surface area contributed by atoms with Gasteiger partial charge in [0.2, 0.25) is 0 Å². The van der Waals surface area contributed by atoms with Crippen LogP contribution in [0.4, 0.5) is 0 Å². The van der Waals surface area contributed by atoms with Gasteiger partial charge in [0, 0.05) is 16.5 Å². The summed E-state index contributed by atoms with van der Waals surface area (Å²) in [4.78, 5) is 13.0. The van der Waals surface area contributed by atoms with Crippen LogP contribution in [0.2, 0.25) is 0 Å². The predicted octanol–water partition coefficient (Wildman–Crippen LogP) is 3.39. The summed E-state index contributed by atoms with van der Waals surface area (Å²) in [5.74, 6) is 0.548. The van der Waals surface area contributed by atoms with E-state index < -0.39 is 0 Å². The highest BCUT2D eigenvalue weighted by molar-refractivity contribution is 7.10. The standard InChI is InChI=1S/C14H14N2O2S/c1-10-11(2)19-9-13(10)14(17)16-15-7-3-5-12-6-4-8-18-12/h3-9H,1-2H3,(H,16,17). The van der Waals surface area contributed by atoms with E-state index in [-0.39, 0.29) is 5.91 Å². The first-order valence-electron chi connectivity index (χ1n) is 5.76. The van der Waals surface area contributed by atoms with Gasteiger partial charge in [0.05, 0.1) is 11.8 Å². The van der Waals surface area contributed by atoms with E-state index in [1.165, 1.54) is 6.21 Å². The molecule has 0 aliphatic carbocycles. The molecule has 0 radical (unpaired) electrons. The Morgan fingerprint density at radius 1 is 1.47 bits per heavy atom. The third-order valence-electron chi connectivity index (χ3n) is 2.66. The van der Waals surface area contributed by atoms with Gasteiger partial charge in [0.25, 0.3) is 5.91 Å². The van der Waals surface area contributed by atoms with Gasteiger partial charge in [0.15, 0.2) is 0 Å². The van der Waals surface area contributed by atoms with E-state index in [0.717, 1.165) is 16.2 Å². The number of aryl methyl sites for hydroxylation is 1. The van der Waals surface area contributed by atoms with Crippen molar-refractivity contribution < 1.29 is 9.21 Å². The second-order valence-electron chi connectivity index (χ2n) is 3.92. The van der Waals surface area contributed by atoms with Crippen LogP contribution in [0.1, 0.15) is 26.6 Å². The van der Waals surface area contributed by atoms with Crippen LogP contribution < -0.4 is 5.43 Å². The Morgan fingerprint density at radius 3 is 2.95 bits per heavy atom. The molecule has 98 valence electrons. The summed E-state index contributed by atoms with van der Waals surface area (Å²) in [5, 5.41) is 5.69. The SMILES string of the molecule is Cc1scc(C(=O)NN=CC=Cc2ccco2)c1C. The van der Waals surface area contributed by atoms with Gasteiger partial charge >= 0.3 is 0 Å². The largest absolute Gasteiger partial charge is 0.465 e. The number of nitrogens with one attached hydrogen (secondary N) is 1. The van der Waals surface area contributed by atoms with E-state index in [1.807, 2.05) is 25.3 Å². The van der Waals surface area contributed by atoms with E-state index in [9.17, 15) is 4.79 Å². The zero-order valence-corrected chi connectivity index (χ0v) is 11.5. The van der Waals surface area contributed by atoms with E-state index in [0.29, 0.717) is 5.56 Å². The van der Waals surface area contributed by atoms with Crippen molar-refractivity contribution in [3.63, 3.8) is 0 Å². The molecular formula is C14H14N2O2S. The lowest BCUT2D eigenvalue weighted by Gasteiger charge is -1.98. The van der Waals surface area contributed by atoms with Gasteiger partial charge in [-0.1, -0.05) is 0 Å². The first kappa shape index (κ1) is 13.3. The molecule has 4 nitrogen and oxygen atoms in total. The molecule has 0 aromatic carbocycles. The maximum absolute atomic E-state index is 11.8. The van der Waals surface area contributed by atoms with Crippen molar-refractivity contribution in [3.8, 4) is 0 Å². The van der Waals surface area contributed by atoms with Crippen molar-refractivity contribution in [3.05, 3.63) is 51.6 Å². The Balaban J connectivity index is 1.88. The van der Waals surface area contributed by atoms with Crippen LogP contribution in [-0.2, 0) is 0 Å². The number of carbonyl (C=O) groups is 1. The molecule has 0 bridgehead atoms. The van der Waals surface area contributed by atoms with E-state index >= 15 is 0 Å². The minimum atomic E-state index is -0.190. The number of furan rings is 1. The molecule has 0 atom stereocenters. The van der Waals surface area contributed by atoms with Crippen molar-refractivity contribution in [1.29, 1.82) is 0 Å². The number of hydrogen-bond donors (Lipinski definition) is 1. The molecular weight excluding hydrogens is 260 g/mol. The van der Waals surface area contributed by atoms with Crippen LogP contribution >= 0.6 is 11.3 Å². The van der Waals surface area contributed by atoms with Crippen molar-refractivity contribution in [1.82, 2.24) is 5.43 Å². The molecule has 2 rings (SSSR count). The minimum absolute atomic E-state index is 0.190. The number of amides is 1. The molecule has 2 aromatic heterocycles. The molecule has 2 heterocycles. The van der Waals surface area contributed by atoms with Gasteiger partial charge in [-0.15, -0.1) is 11.3 Å². The molecule has 5 heteroatoms. The number of hydrogen-bond acceptors (Lipinski definition) is 4. The van der Waals surface area contributed by atoms with Gasteiger partial charge in [-0.2, -0.15) is 5.10 Å². The lowest BCUT2D eigenvalue weighted by molar-refractivity contribution is 0.0955. The van der Waals surface area contributed by atoms with Crippen LogP contribution in [0.25, 0.3) is 6.08 Å². The highest BCUT2D eigenvalue weighted by Crippen LogP contribution is 2.20. The third kappa shape index (κ3) is 3.42. The number of thiophene rings is 1. The molecule has 19 heavy (non-hydrogen) atoms. The van der Waals surface area contributed by atoms with Crippen LogP contribution in [0.15, 0.2) is 39.4 Å². The Kier molecular flexibility index (Phi) is 4.30. The number of allylic oxidation sites excluding steroid dienone is 1. The molecule has 1 amide bonds. The monoisotopic (exact) mass is 274 g/mol. The smallest absolute Gasteiger partial charge is 0.272 e. The molecule has 0 aliphatic heterocycles. The summed E-state index contributed by atoms with van der Waals surface area (Å²) >= 11 is 1.56. The van der Waals surface area contributed by atoms with Gasteiger partial charge in [-0.05, 0) is 43.7 Å². The lowest BCUT2D eigenvalue weighted by Crippen LogP contribution is -2.17. The Labute approximate surface area is 115 Å². The lowest BCUT2D eigenvalue weighted by atomic mass is 10.2. The Bertz CT molecular complexity index is 609. The zero-order chi connectivity index (χ0) is 13.7. The molecule has 0 aliphatic rings. The maximum atomic E-state index is 11.8. The summed E-state index contributed by atoms with van der Waals surface area (Å²) in [6, 6.07) is 3.64. The quantitative estimate of drug-likeness (QED) is 0.686. The maximum Gasteiger partial charge on any atom is 0.272 e. The molecule has 0 saturated heterocycles. The summed E-state index contributed by atoms with van der Waals surface area (Å²) in [7, 11) is 0. The van der Waals surface area contributed by atoms with Gasteiger partial charge in [-0.3, -0.25) is 4.79 Å². The predicted molar refractivity (Wildman–Crippen MR) is 77.5 cm³/mol. The van der Waals surface area contributed by atoms with Crippen LogP contribution in [0.3, 0.4) is 0 Å². The number of rotatable bonds is 4. The van der Waals surface area contributed by atoms with E-state index in [2.05, 4.69) is 10.5 Å². The molecule has 0 spiro atoms. The summed E-state index contributed by atoms with van der Waals surface area (Å²) in [5.41, 5.74) is 4.17. The molecule has 0 saturated carbocycles. The van der Waals surface area contributed by atoms with Crippen molar-refractivity contribution in [2.75, 3.05) is 0 Å². The van der Waals surface area contributed by atoms with Crippen LogP contribution in [-0.4, -0.2) is 12.1 Å². The second kappa shape index (κ2) is 6.15. The first-order valence-corrected chi connectivity index (χ1v) is 6.64. The fourth-order valence-corrected chi connectivity index (χ4v) is 2.33.